The highest BCUT2D eigenvalue weighted by Crippen LogP contribution is 2.00. The average molecular weight is 293 g/mol. The Hall–Kier alpha value is -1.59. The van der Waals surface area contributed by atoms with Crippen LogP contribution < -0.4 is 16.4 Å². The normalized spacial score (nSPS) is 10.3. The Morgan fingerprint density at radius 1 is 1.00 bits per heavy atom. The fourth-order valence-corrected chi connectivity index (χ4v) is 1.86. The summed E-state index contributed by atoms with van der Waals surface area (Å²) in [4.78, 5) is 11.5. The van der Waals surface area contributed by atoms with Gasteiger partial charge in [0.15, 0.2) is 0 Å². The highest BCUT2D eigenvalue weighted by Gasteiger charge is 2.01. The maximum atomic E-state index is 11.5. The highest BCUT2D eigenvalue weighted by atomic mass is 16.5. The van der Waals surface area contributed by atoms with Crippen molar-refractivity contribution in [2.24, 2.45) is 5.73 Å². The summed E-state index contributed by atoms with van der Waals surface area (Å²) in [6.07, 6.45) is 3.84. The van der Waals surface area contributed by atoms with Crippen LogP contribution in [0.5, 0.6) is 0 Å². The predicted molar refractivity (Wildman–Crippen MR) is 85.0 cm³/mol. The summed E-state index contributed by atoms with van der Waals surface area (Å²) in [5.74, 6) is 0. The zero-order chi connectivity index (χ0) is 15.2. The molecule has 0 bridgehead atoms. The Morgan fingerprint density at radius 2 is 1.67 bits per heavy atom. The van der Waals surface area contributed by atoms with Crippen molar-refractivity contribution in [1.82, 2.24) is 10.6 Å². The third-order valence-corrected chi connectivity index (χ3v) is 3.07. The molecule has 0 spiro atoms. The predicted octanol–water partition coefficient (Wildman–Crippen LogP) is 2.02. The first-order valence-electron chi connectivity index (χ1n) is 7.68. The lowest BCUT2D eigenvalue weighted by molar-refractivity contribution is 0.139. The van der Waals surface area contributed by atoms with Crippen LogP contribution in [0.1, 0.15) is 31.2 Å². The number of benzene rings is 1. The maximum absolute atomic E-state index is 11.5. The van der Waals surface area contributed by atoms with Gasteiger partial charge in [-0.25, -0.2) is 4.79 Å². The molecule has 1 rings (SSSR count). The molecule has 0 saturated carbocycles. The minimum atomic E-state index is -0.352. The number of rotatable bonds is 11. The second-order valence-corrected chi connectivity index (χ2v) is 4.94. The Kier molecular flexibility index (Phi) is 10.1. The number of nitrogens with one attached hydrogen (secondary N) is 2. The summed E-state index contributed by atoms with van der Waals surface area (Å²) in [6.45, 7) is 3.72. The van der Waals surface area contributed by atoms with E-state index in [0.29, 0.717) is 13.2 Å². The third-order valence-electron chi connectivity index (χ3n) is 3.07. The first-order chi connectivity index (χ1) is 10.3. The molecule has 21 heavy (non-hydrogen) atoms. The summed E-state index contributed by atoms with van der Waals surface area (Å²) < 4.78 is 5.12. The molecule has 0 atom stereocenters. The standard InChI is InChI=1S/C16H27N3O2/c17-10-4-5-11-18-12-6-7-13-19-16(20)21-14-15-8-2-1-3-9-15/h1-3,8-9,18H,4-7,10-14,17H2,(H,19,20). The molecule has 0 unspecified atom stereocenters. The first kappa shape index (κ1) is 17.5. The van der Waals surface area contributed by atoms with Crippen LogP contribution >= 0.6 is 0 Å². The van der Waals surface area contributed by atoms with Crippen molar-refractivity contribution in [3.63, 3.8) is 0 Å². The number of hydrogen-bond donors (Lipinski definition) is 3. The van der Waals surface area contributed by atoms with Crippen molar-refractivity contribution in [3.05, 3.63) is 35.9 Å². The fraction of sp³-hybridized carbons (Fsp3) is 0.562. The van der Waals surface area contributed by atoms with Crippen LogP contribution in [0.15, 0.2) is 30.3 Å². The molecule has 118 valence electrons. The Labute approximate surface area is 127 Å². The molecule has 0 heterocycles. The number of hydrogen-bond acceptors (Lipinski definition) is 4. The molecule has 0 aromatic heterocycles. The third kappa shape index (κ3) is 9.87. The smallest absolute Gasteiger partial charge is 0.407 e. The summed E-state index contributed by atoms with van der Waals surface area (Å²) in [7, 11) is 0. The molecule has 0 aliphatic rings. The lowest BCUT2D eigenvalue weighted by Crippen LogP contribution is -2.26. The van der Waals surface area contributed by atoms with Crippen LogP contribution in [-0.2, 0) is 11.3 Å². The van der Waals surface area contributed by atoms with Gasteiger partial charge in [0.05, 0.1) is 0 Å². The van der Waals surface area contributed by atoms with E-state index in [1.165, 1.54) is 0 Å². The molecule has 0 radical (unpaired) electrons. The molecule has 0 saturated heterocycles. The highest BCUT2D eigenvalue weighted by molar-refractivity contribution is 5.67. The van der Waals surface area contributed by atoms with Gasteiger partial charge in [0.2, 0.25) is 0 Å². The van der Waals surface area contributed by atoms with Gasteiger partial charge in [-0.05, 0) is 50.9 Å². The van der Waals surface area contributed by atoms with Crippen molar-refractivity contribution >= 4 is 6.09 Å². The minimum absolute atomic E-state index is 0.315. The van der Waals surface area contributed by atoms with Gasteiger partial charge in [0.25, 0.3) is 0 Å². The van der Waals surface area contributed by atoms with E-state index in [-0.39, 0.29) is 6.09 Å². The second-order valence-electron chi connectivity index (χ2n) is 4.94. The van der Waals surface area contributed by atoms with Crippen molar-refractivity contribution < 1.29 is 9.53 Å². The molecule has 0 aliphatic carbocycles. The van der Waals surface area contributed by atoms with Crippen LogP contribution in [-0.4, -0.2) is 32.3 Å². The van der Waals surface area contributed by atoms with Crippen LogP contribution in [0.2, 0.25) is 0 Å². The lowest BCUT2D eigenvalue weighted by atomic mass is 10.2. The molecule has 1 aromatic carbocycles. The topological polar surface area (TPSA) is 76.4 Å². The van der Waals surface area contributed by atoms with E-state index in [2.05, 4.69) is 10.6 Å². The quantitative estimate of drug-likeness (QED) is 0.546. The zero-order valence-corrected chi connectivity index (χ0v) is 12.6. The van der Waals surface area contributed by atoms with Gasteiger partial charge < -0.3 is 21.1 Å². The van der Waals surface area contributed by atoms with Crippen LogP contribution in [0.25, 0.3) is 0 Å². The molecule has 1 amide bonds. The molecular formula is C16H27N3O2. The molecule has 0 aliphatic heterocycles. The van der Waals surface area contributed by atoms with Gasteiger partial charge in [-0.2, -0.15) is 0 Å². The largest absolute Gasteiger partial charge is 0.445 e. The van der Waals surface area contributed by atoms with Gasteiger partial charge in [-0.15, -0.1) is 0 Å². The van der Waals surface area contributed by atoms with E-state index in [0.717, 1.165) is 50.9 Å². The molecule has 0 fully saturated rings. The first-order valence-corrected chi connectivity index (χ1v) is 7.68. The van der Waals surface area contributed by atoms with E-state index < -0.39 is 0 Å². The molecule has 1 aromatic rings. The van der Waals surface area contributed by atoms with Crippen molar-refractivity contribution in [2.45, 2.75) is 32.3 Å². The summed E-state index contributed by atoms with van der Waals surface area (Å²) in [5.41, 5.74) is 6.41. The molecular weight excluding hydrogens is 266 g/mol. The number of nitrogens with two attached hydrogens (primary N) is 1. The van der Waals surface area contributed by atoms with Gasteiger partial charge >= 0.3 is 6.09 Å². The molecule has 5 heteroatoms. The van der Waals surface area contributed by atoms with Gasteiger partial charge in [0.1, 0.15) is 6.61 Å². The Bertz CT molecular complexity index is 371. The maximum Gasteiger partial charge on any atom is 0.407 e. The lowest BCUT2D eigenvalue weighted by Gasteiger charge is -2.07. The summed E-state index contributed by atoms with van der Waals surface area (Å²) in [5, 5.41) is 6.11. The van der Waals surface area contributed by atoms with E-state index in [1.54, 1.807) is 0 Å². The monoisotopic (exact) mass is 293 g/mol. The zero-order valence-electron chi connectivity index (χ0n) is 12.6. The molecule has 4 N–H and O–H groups in total. The van der Waals surface area contributed by atoms with E-state index in [1.807, 2.05) is 30.3 Å². The number of ether oxygens (including phenoxy) is 1. The Morgan fingerprint density at radius 3 is 2.38 bits per heavy atom. The second kappa shape index (κ2) is 12.2. The van der Waals surface area contributed by atoms with Crippen molar-refractivity contribution in [3.8, 4) is 0 Å². The van der Waals surface area contributed by atoms with E-state index in [4.69, 9.17) is 10.5 Å². The summed E-state index contributed by atoms with van der Waals surface area (Å²) >= 11 is 0. The van der Waals surface area contributed by atoms with Crippen LogP contribution in [0, 0.1) is 0 Å². The van der Waals surface area contributed by atoms with Gasteiger partial charge in [-0.1, -0.05) is 30.3 Å². The van der Waals surface area contributed by atoms with Crippen LogP contribution in [0.3, 0.4) is 0 Å². The molecule has 5 nitrogen and oxygen atoms in total. The van der Waals surface area contributed by atoms with Crippen molar-refractivity contribution in [2.75, 3.05) is 26.2 Å². The number of unbranched alkanes of at least 4 members (excludes halogenated alkanes) is 2. The number of alkyl carbamates (subject to hydrolysis) is 1. The average Bonchev–Trinajstić information content (AvgIpc) is 2.52. The number of carbonyl (C=O) groups excluding carboxylic acids is 1. The van der Waals surface area contributed by atoms with E-state index in [9.17, 15) is 4.79 Å². The Balaban J connectivity index is 1.89. The number of carbonyl (C=O) groups is 1. The van der Waals surface area contributed by atoms with E-state index >= 15 is 0 Å². The van der Waals surface area contributed by atoms with Gasteiger partial charge in [-0.3, -0.25) is 0 Å². The minimum Gasteiger partial charge on any atom is -0.445 e. The fourth-order valence-electron chi connectivity index (χ4n) is 1.86. The van der Waals surface area contributed by atoms with Gasteiger partial charge in [0, 0.05) is 6.54 Å². The van der Waals surface area contributed by atoms with Crippen molar-refractivity contribution in [1.29, 1.82) is 0 Å². The van der Waals surface area contributed by atoms with Crippen LogP contribution in [0.4, 0.5) is 4.79 Å². The number of amides is 1. The summed E-state index contributed by atoms with van der Waals surface area (Å²) in [6, 6.07) is 9.66. The SMILES string of the molecule is NCCCCNCCCCNC(=O)OCc1ccccc1.